The third kappa shape index (κ3) is 4.79. The molecule has 0 atom stereocenters. The van der Waals surface area contributed by atoms with E-state index in [2.05, 4.69) is 15.6 Å². The Morgan fingerprint density at radius 3 is 2.44 bits per heavy atom. The molecule has 2 aromatic rings. The van der Waals surface area contributed by atoms with E-state index in [1.165, 1.54) is 34.5 Å². The predicted molar refractivity (Wildman–Crippen MR) is 96.6 cm³/mol. The van der Waals surface area contributed by atoms with Crippen LogP contribution in [0, 0.1) is 5.82 Å². The quantitative estimate of drug-likeness (QED) is 0.740. The van der Waals surface area contributed by atoms with Gasteiger partial charge in [0.15, 0.2) is 5.13 Å². The monoisotopic (exact) mass is 392 g/mol. The maximum Gasteiger partial charge on any atom is 0.407 e. The Morgan fingerprint density at radius 2 is 1.81 bits per heavy atom. The molecule has 1 aliphatic rings. The molecule has 8 nitrogen and oxygen atoms in total. The van der Waals surface area contributed by atoms with E-state index in [4.69, 9.17) is 5.11 Å². The largest absolute Gasteiger partial charge is 0.465 e. The van der Waals surface area contributed by atoms with Gasteiger partial charge < -0.3 is 15.3 Å². The molecule has 1 aliphatic heterocycles. The number of piperidine rings is 1. The number of hydrogen-bond acceptors (Lipinski definition) is 5. The number of anilines is 1. The average Bonchev–Trinajstić information content (AvgIpc) is 3.11. The van der Waals surface area contributed by atoms with E-state index < -0.39 is 17.8 Å². The molecule has 27 heavy (non-hydrogen) atoms. The van der Waals surface area contributed by atoms with Gasteiger partial charge in [0.1, 0.15) is 11.5 Å². The number of halogens is 1. The van der Waals surface area contributed by atoms with Gasteiger partial charge in [-0.25, -0.2) is 14.2 Å². The highest BCUT2D eigenvalue weighted by Gasteiger charge is 2.24. The zero-order chi connectivity index (χ0) is 19.4. The minimum absolute atomic E-state index is 0.118. The highest BCUT2D eigenvalue weighted by atomic mass is 32.1. The Kier molecular flexibility index (Phi) is 5.65. The first-order valence-electron chi connectivity index (χ1n) is 8.23. The van der Waals surface area contributed by atoms with Crippen LogP contribution >= 0.6 is 11.3 Å². The van der Waals surface area contributed by atoms with Gasteiger partial charge in [-0.2, -0.15) is 0 Å². The summed E-state index contributed by atoms with van der Waals surface area (Å²) in [5.41, 5.74) is 0.456. The van der Waals surface area contributed by atoms with Crippen LogP contribution in [-0.2, 0) is 0 Å². The molecule has 0 spiro atoms. The number of thiazole rings is 1. The van der Waals surface area contributed by atoms with Gasteiger partial charge in [0.05, 0.1) is 0 Å². The van der Waals surface area contributed by atoms with E-state index in [0.29, 0.717) is 25.9 Å². The Labute approximate surface area is 158 Å². The number of benzene rings is 1. The number of carboxylic acid groups (broad SMARTS) is 1. The van der Waals surface area contributed by atoms with Gasteiger partial charge in [-0.3, -0.25) is 14.9 Å². The van der Waals surface area contributed by atoms with E-state index in [1.54, 1.807) is 0 Å². The summed E-state index contributed by atoms with van der Waals surface area (Å²) in [5.74, 6) is -1.26. The van der Waals surface area contributed by atoms with Crippen molar-refractivity contribution in [2.75, 3.05) is 18.4 Å². The summed E-state index contributed by atoms with van der Waals surface area (Å²) in [5, 5.41) is 16.1. The molecule has 0 radical (unpaired) electrons. The normalized spacial score (nSPS) is 14.6. The lowest BCUT2D eigenvalue weighted by atomic mass is 10.1. The maximum absolute atomic E-state index is 12.9. The second kappa shape index (κ2) is 8.12. The fourth-order valence-electron chi connectivity index (χ4n) is 2.68. The first-order chi connectivity index (χ1) is 12.9. The minimum atomic E-state index is -0.958. The van der Waals surface area contributed by atoms with Crippen LogP contribution in [0.15, 0.2) is 29.6 Å². The second-order valence-corrected chi connectivity index (χ2v) is 6.87. The van der Waals surface area contributed by atoms with Crippen LogP contribution in [0.2, 0.25) is 0 Å². The van der Waals surface area contributed by atoms with Crippen molar-refractivity contribution in [2.24, 2.45) is 0 Å². The lowest BCUT2D eigenvalue weighted by Gasteiger charge is -2.30. The van der Waals surface area contributed by atoms with Crippen molar-refractivity contribution in [3.05, 3.63) is 46.7 Å². The van der Waals surface area contributed by atoms with Crippen LogP contribution in [0.5, 0.6) is 0 Å². The SMILES string of the molecule is O=C(Nc1nc(C(=O)NC2CCN(C(=O)O)CC2)cs1)c1ccc(F)cc1. The third-order valence-corrected chi connectivity index (χ3v) is 4.92. The van der Waals surface area contributed by atoms with Crippen molar-refractivity contribution in [1.29, 1.82) is 0 Å². The molecule has 0 saturated carbocycles. The Balaban J connectivity index is 1.54. The summed E-state index contributed by atoms with van der Waals surface area (Å²) in [6, 6.07) is 4.97. The number of likely N-dealkylation sites (tertiary alicyclic amines) is 1. The lowest BCUT2D eigenvalue weighted by Crippen LogP contribution is -2.46. The number of aromatic nitrogens is 1. The average molecular weight is 392 g/mol. The molecule has 3 amide bonds. The molecule has 1 aromatic heterocycles. The molecule has 2 heterocycles. The summed E-state index contributed by atoms with van der Waals surface area (Å²) < 4.78 is 12.9. The van der Waals surface area contributed by atoms with Crippen LogP contribution in [0.1, 0.15) is 33.7 Å². The fraction of sp³-hybridized carbons (Fsp3) is 0.294. The smallest absolute Gasteiger partial charge is 0.407 e. The molecule has 1 fully saturated rings. The lowest BCUT2D eigenvalue weighted by molar-refractivity contribution is 0.0902. The van der Waals surface area contributed by atoms with Crippen LogP contribution in [0.3, 0.4) is 0 Å². The second-order valence-electron chi connectivity index (χ2n) is 6.02. The van der Waals surface area contributed by atoms with Gasteiger partial charge in [-0.05, 0) is 37.1 Å². The van der Waals surface area contributed by atoms with Gasteiger partial charge >= 0.3 is 6.09 Å². The number of hydrogen-bond donors (Lipinski definition) is 3. The fourth-order valence-corrected chi connectivity index (χ4v) is 3.37. The highest BCUT2D eigenvalue weighted by molar-refractivity contribution is 7.14. The van der Waals surface area contributed by atoms with Gasteiger partial charge in [0.25, 0.3) is 11.8 Å². The van der Waals surface area contributed by atoms with Gasteiger partial charge in [-0.15, -0.1) is 11.3 Å². The van der Waals surface area contributed by atoms with E-state index in [1.807, 2.05) is 0 Å². The van der Waals surface area contributed by atoms with E-state index in [9.17, 15) is 18.8 Å². The number of amides is 3. The Hall–Kier alpha value is -3.01. The molecule has 3 N–H and O–H groups in total. The van der Waals surface area contributed by atoms with Crippen molar-refractivity contribution in [3.63, 3.8) is 0 Å². The zero-order valence-corrected chi connectivity index (χ0v) is 15.0. The van der Waals surface area contributed by atoms with Crippen molar-refractivity contribution in [2.45, 2.75) is 18.9 Å². The van der Waals surface area contributed by atoms with E-state index in [0.717, 1.165) is 11.3 Å². The molecule has 0 unspecified atom stereocenters. The summed E-state index contributed by atoms with van der Waals surface area (Å²) in [7, 11) is 0. The van der Waals surface area contributed by atoms with Crippen molar-refractivity contribution >= 4 is 34.4 Å². The number of nitrogens with one attached hydrogen (secondary N) is 2. The number of nitrogens with zero attached hydrogens (tertiary/aromatic N) is 2. The molecular formula is C17H17FN4O4S. The maximum atomic E-state index is 12.9. The van der Waals surface area contributed by atoms with Crippen LogP contribution in [-0.4, -0.2) is 52.0 Å². The minimum Gasteiger partial charge on any atom is -0.465 e. The topological polar surface area (TPSA) is 112 Å². The van der Waals surface area contributed by atoms with Crippen LogP contribution in [0.4, 0.5) is 14.3 Å². The summed E-state index contributed by atoms with van der Waals surface area (Å²) >= 11 is 1.11. The Bertz CT molecular complexity index is 847. The van der Waals surface area contributed by atoms with Crippen molar-refractivity contribution in [3.8, 4) is 0 Å². The molecule has 0 bridgehead atoms. The molecule has 142 valence electrons. The highest BCUT2D eigenvalue weighted by Crippen LogP contribution is 2.18. The van der Waals surface area contributed by atoms with Gasteiger partial charge in [0.2, 0.25) is 0 Å². The predicted octanol–water partition coefficient (Wildman–Crippen LogP) is 2.41. The summed E-state index contributed by atoms with van der Waals surface area (Å²) in [6.45, 7) is 0.743. The third-order valence-electron chi connectivity index (χ3n) is 4.16. The molecule has 3 rings (SSSR count). The van der Waals surface area contributed by atoms with E-state index in [-0.39, 0.29) is 28.3 Å². The summed E-state index contributed by atoms with van der Waals surface area (Å²) in [6.07, 6.45) is 0.118. The first-order valence-corrected chi connectivity index (χ1v) is 9.11. The molecule has 1 saturated heterocycles. The van der Waals surface area contributed by atoms with Gasteiger partial charge in [-0.1, -0.05) is 0 Å². The van der Waals surface area contributed by atoms with Crippen LogP contribution in [0.25, 0.3) is 0 Å². The Morgan fingerprint density at radius 1 is 1.15 bits per heavy atom. The molecular weight excluding hydrogens is 375 g/mol. The molecule has 10 heteroatoms. The summed E-state index contributed by atoms with van der Waals surface area (Å²) in [4.78, 5) is 40.7. The number of carbonyl (C=O) groups excluding carboxylic acids is 2. The zero-order valence-electron chi connectivity index (χ0n) is 14.1. The van der Waals surface area contributed by atoms with E-state index >= 15 is 0 Å². The standard InChI is InChI=1S/C17H17FN4O4S/c18-11-3-1-10(2-4-11)14(23)21-16-20-13(9-27-16)15(24)19-12-5-7-22(8-6-12)17(25)26/h1-4,9,12H,5-8H2,(H,19,24)(H,25,26)(H,20,21,23). The van der Waals surface area contributed by atoms with Gasteiger partial charge in [0, 0.05) is 30.1 Å². The number of carbonyl (C=O) groups is 3. The van der Waals surface area contributed by atoms with Crippen LogP contribution < -0.4 is 10.6 Å². The van der Waals surface area contributed by atoms with Crippen molar-refractivity contribution < 1.29 is 23.9 Å². The molecule has 0 aliphatic carbocycles. The first kappa shape index (κ1) is 18.8. The number of rotatable bonds is 4. The van der Waals surface area contributed by atoms with Crippen molar-refractivity contribution in [1.82, 2.24) is 15.2 Å². The molecule has 1 aromatic carbocycles.